The number of aryl methyl sites for hydroxylation is 7. The maximum Gasteiger partial charge on any atom is 0.0725 e. The molecule has 0 bridgehead atoms. The SMILES string of the molecule is CC.CC.CC.CC.CC.CC.CC.CC.CC.CC.Cc1ccc2c3c(cccc13)-c1ccccc1-2.c1cc2c3c(c1)CCc1cccc(c1-3)CC2.c1cc2ccc3cccc4ccc(c1)c2c34.c1ccc2c(c1)-c1ccccc1C21c2ccccc2-c2ccccc21.c1ccc2c(c1)CCc1ccccc1-2.c1ccc2c(c1)ccc1c3ccccc3ccc21.c1ccc2c(c1)ccc1ccccc12. The quantitative estimate of drug-likeness (QED) is 0.133. The smallest absolute Gasteiger partial charge is 0.0683 e. The molecule has 0 saturated heterocycles. The average molecular weight is 1830 g/mol. The van der Waals surface area contributed by atoms with E-state index in [0.717, 1.165) is 0 Å². The lowest BCUT2D eigenvalue weighted by Gasteiger charge is -2.30. The van der Waals surface area contributed by atoms with Crippen molar-refractivity contribution in [2.45, 2.75) is 189 Å². The van der Waals surface area contributed by atoms with E-state index in [-0.39, 0.29) is 5.41 Å². The van der Waals surface area contributed by atoms with Crippen molar-refractivity contribution in [1.29, 1.82) is 0 Å². The summed E-state index contributed by atoms with van der Waals surface area (Å²) >= 11 is 0. The molecule has 0 nitrogen and oxygen atoms in total. The predicted molar refractivity (Wildman–Crippen MR) is 626 cm³/mol. The van der Waals surface area contributed by atoms with Crippen LogP contribution in [0.2, 0.25) is 0 Å². The molecule has 0 atom stereocenters. The van der Waals surface area contributed by atoms with Gasteiger partial charge in [0.2, 0.25) is 0 Å². The van der Waals surface area contributed by atoms with Crippen molar-refractivity contribution in [3.63, 3.8) is 0 Å². The molecule has 28 rings (SSSR count). The molecule has 0 fully saturated rings. The molecule has 22 aromatic carbocycles. The van der Waals surface area contributed by atoms with Crippen LogP contribution >= 0.6 is 0 Å². The van der Waals surface area contributed by atoms with Crippen molar-refractivity contribution in [2.75, 3.05) is 0 Å². The Bertz CT molecular complexity index is 7140. The molecule has 0 unspecified atom stereocenters. The molecule has 6 aliphatic rings. The van der Waals surface area contributed by atoms with E-state index in [1.54, 1.807) is 33.4 Å². The largest absolute Gasteiger partial charge is 0.0725 e. The molecule has 0 saturated carbocycles. The molecule has 0 aromatic heterocycles. The summed E-state index contributed by atoms with van der Waals surface area (Å²) in [6.07, 6.45) is 7.26. The van der Waals surface area contributed by atoms with Crippen LogP contribution in [0.25, 0.3) is 164 Å². The van der Waals surface area contributed by atoms with Gasteiger partial charge in [0.25, 0.3) is 0 Å². The van der Waals surface area contributed by atoms with Gasteiger partial charge in [-0.05, 0) is 270 Å². The first-order chi connectivity index (χ1) is 69.5. The summed E-state index contributed by atoms with van der Waals surface area (Å²) in [4.78, 5) is 0. The average Bonchev–Trinajstić information content (AvgIpc) is 1.51. The first-order valence-corrected chi connectivity index (χ1v) is 52.7. The zero-order valence-corrected chi connectivity index (χ0v) is 87.2. The zero-order valence-electron chi connectivity index (χ0n) is 87.2. The summed E-state index contributed by atoms with van der Waals surface area (Å²) in [6.45, 7) is 42.2. The summed E-state index contributed by atoms with van der Waals surface area (Å²) in [6, 6.07) is 156. The first kappa shape index (κ1) is 104. The third-order valence-corrected chi connectivity index (χ3v) is 26.4. The second-order valence-corrected chi connectivity index (χ2v) is 32.8. The highest BCUT2D eigenvalue weighted by Gasteiger charge is 2.51. The van der Waals surface area contributed by atoms with E-state index in [1.807, 2.05) is 138 Å². The molecule has 140 heavy (non-hydrogen) atoms. The summed E-state index contributed by atoms with van der Waals surface area (Å²) in [7, 11) is 0. The Labute approximate surface area is 839 Å². The Morgan fingerprint density at radius 3 is 0.671 bits per heavy atom. The van der Waals surface area contributed by atoms with E-state index in [9.17, 15) is 0 Å². The van der Waals surface area contributed by atoms with Gasteiger partial charge in [0.05, 0.1) is 5.41 Å². The van der Waals surface area contributed by atoms with Crippen molar-refractivity contribution in [1.82, 2.24) is 0 Å². The Hall–Kier alpha value is -14.6. The molecule has 0 N–H and O–H groups in total. The number of hydrogen-bond acceptors (Lipinski definition) is 0. The van der Waals surface area contributed by atoms with Gasteiger partial charge in [-0.3, -0.25) is 0 Å². The molecule has 22 aromatic rings. The van der Waals surface area contributed by atoms with Crippen molar-refractivity contribution in [3.8, 4) is 66.8 Å². The second-order valence-electron chi connectivity index (χ2n) is 32.8. The van der Waals surface area contributed by atoms with E-state index in [1.165, 1.54) is 230 Å². The summed E-state index contributed by atoms with van der Waals surface area (Å²) in [5.41, 5.74) is 33.1. The molecular weight excluding hydrogens is 1680 g/mol. The number of benzene rings is 22. The minimum Gasteiger partial charge on any atom is -0.0683 e. The van der Waals surface area contributed by atoms with Crippen molar-refractivity contribution >= 4 is 97.0 Å². The van der Waals surface area contributed by atoms with Crippen LogP contribution in [0.5, 0.6) is 0 Å². The monoisotopic (exact) mass is 1830 g/mol. The van der Waals surface area contributed by atoms with Crippen LogP contribution in [0.1, 0.15) is 200 Å². The van der Waals surface area contributed by atoms with E-state index >= 15 is 0 Å². The van der Waals surface area contributed by atoms with Gasteiger partial charge in [-0.25, -0.2) is 0 Å². The fourth-order valence-corrected chi connectivity index (χ4v) is 21.0. The fraction of sp³-hybridized carbons (Fsp3) is 0.200. The summed E-state index contributed by atoms with van der Waals surface area (Å²) < 4.78 is 0. The van der Waals surface area contributed by atoms with Crippen LogP contribution in [0.3, 0.4) is 0 Å². The zero-order chi connectivity index (χ0) is 99.6. The maximum absolute atomic E-state index is 2.31. The molecule has 0 radical (unpaired) electrons. The van der Waals surface area contributed by atoms with E-state index < -0.39 is 0 Å². The van der Waals surface area contributed by atoms with Crippen LogP contribution < -0.4 is 0 Å². The van der Waals surface area contributed by atoms with Crippen LogP contribution in [-0.2, 0) is 43.9 Å². The van der Waals surface area contributed by atoms with Crippen LogP contribution in [0, 0.1) is 6.92 Å². The molecule has 706 valence electrons. The van der Waals surface area contributed by atoms with Crippen molar-refractivity contribution in [2.24, 2.45) is 0 Å². The highest BCUT2D eigenvalue weighted by atomic mass is 14.5. The van der Waals surface area contributed by atoms with Crippen molar-refractivity contribution in [3.05, 3.63) is 492 Å². The van der Waals surface area contributed by atoms with Gasteiger partial charge in [-0.1, -0.05) is 569 Å². The summed E-state index contributed by atoms with van der Waals surface area (Å²) in [5, 5.41) is 24.2. The highest BCUT2D eigenvalue weighted by Crippen LogP contribution is 2.63. The lowest BCUT2D eigenvalue weighted by Crippen LogP contribution is -2.25. The highest BCUT2D eigenvalue weighted by molar-refractivity contribution is 6.23. The minimum absolute atomic E-state index is 0.180. The molecule has 0 aliphatic heterocycles. The van der Waals surface area contributed by atoms with Gasteiger partial charge in [-0.15, -0.1) is 0 Å². The number of fused-ring (bicyclic) bond motifs is 24. The molecule has 6 aliphatic carbocycles. The number of hydrogen-bond donors (Lipinski definition) is 0. The Balaban J connectivity index is 0.000000143. The standard InChI is InChI=1S/C25H16.C18H12.C17H12.C16H14.C16H10.C14H12.C14H10.10C2H6/c1-5-13-21-17(9-1)18-10-2-6-14-22(18)25(21)23-15-7-3-11-19(23)20-12-4-8-16-24(20)25;1-3-7-15-13(5-1)9-11-18-16-8-4-2-6-14(16)10-12-17(15)18;1-11-9-10-16-14-6-3-2-5-13(14)15-8-4-7-12(11)17(15)16;2*1-3-11-7-9-13-5-2-6-14-10-8-12(4-1)15(11)16(13)14;2*1-3-7-13-11(5-1)9-10-12-6-2-4-8-14(12)13;10*1-2/h1-16H;1-12H;2-10H,1H3;1-6H,7-10H2;1-10H;1-8H,9-10H2;1-10H;10*1-2H3. The third kappa shape index (κ3) is 20.9. The molecule has 1 spiro atoms. The van der Waals surface area contributed by atoms with Crippen LogP contribution in [0.15, 0.2) is 431 Å². The minimum atomic E-state index is -0.180. The van der Waals surface area contributed by atoms with E-state index in [4.69, 9.17) is 0 Å². The van der Waals surface area contributed by atoms with Gasteiger partial charge in [0, 0.05) is 0 Å². The van der Waals surface area contributed by atoms with Crippen LogP contribution in [0.4, 0.5) is 0 Å². The Morgan fingerprint density at radius 2 is 0.343 bits per heavy atom. The van der Waals surface area contributed by atoms with Gasteiger partial charge >= 0.3 is 0 Å². The number of rotatable bonds is 0. The lowest BCUT2D eigenvalue weighted by molar-refractivity contribution is 0.794. The van der Waals surface area contributed by atoms with Gasteiger partial charge in [0.1, 0.15) is 0 Å². The topological polar surface area (TPSA) is 0 Å². The summed E-state index contributed by atoms with van der Waals surface area (Å²) in [5.74, 6) is 0. The lowest BCUT2D eigenvalue weighted by atomic mass is 9.70. The maximum atomic E-state index is 2.31. The molecule has 0 heteroatoms. The van der Waals surface area contributed by atoms with E-state index in [2.05, 4.69) is 438 Å². The van der Waals surface area contributed by atoms with Crippen LogP contribution in [-0.4, -0.2) is 0 Å². The Morgan fingerprint density at radius 1 is 0.136 bits per heavy atom. The van der Waals surface area contributed by atoms with Gasteiger partial charge in [-0.2, -0.15) is 0 Å². The first-order valence-electron chi connectivity index (χ1n) is 52.7. The van der Waals surface area contributed by atoms with E-state index in [0.29, 0.717) is 0 Å². The molecular formula is C140H146. The second kappa shape index (κ2) is 51.7. The fourth-order valence-electron chi connectivity index (χ4n) is 21.0. The molecule has 0 amide bonds. The van der Waals surface area contributed by atoms with Gasteiger partial charge < -0.3 is 0 Å². The van der Waals surface area contributed by atoms with Crippen molar-refractivity contribution < 1.29 is 0 Å². The molecule has 0 heterocycles. The third-order valence-electron chi connectivity index (χ3n) is 26.4. The normalized spacial score (nSPS) is 11.5. The Kier molecular flexibility index (Phi) is 38.6. The predicted octanol–water partition coefficient (Wildman–Crippen LogP) is 41.8. The van der Waals surface area contributed by atoms with Gasteiger partial charge in [0.15, 0.2) is 0 Å².